The summed E-state index contributed by atoms with van der Waals surface area (Å²) in [6.45, 7) is 0. The number of fused-ring (bicyclic) bond motifs is 1. The largest absolute Gasteiger partial charge is 0.313 e. The highest BCUT2D eigenvalue weighted by molar-refractivity contribution is 5.35. The van der Waals surface area contributed by atoms with Crippen LogP contribution in [-0.2, 0) is 12.8 Å². The molecule has 0 aromatic heterocycles. The average molecular weight is 229 g/mol. The van der Waals surface area contributed by atoms with E-state index in [0.29, 0.717) is 6.04 Å². The van der Waals surface area contributed by atoms with E-state index in [1.807, 2.05) is 0 Å². The molecule has 0 heterocycles. The lowest BCUT2D eigenvalue weighted by Gasteiger charge is -2.21. The highest BCUT2D eigenvalue weighted by Gasteiger charge is 2.25. The van der Waals surface area contributed by atoms with Crippen molar-refractivity contribution in [1.82, 2.24) is 5.32 Å². The van der Waals surface area contributed by atoms with Gasteiger partial charge in [0.1, 0.15) is 0 Å². The lowest BCUT2D eigenvalue weighted by Crippen LogP contribution is -2.17. The molecule has 2 aliphatic rings. The van der Waals surface area contributed by atoms with Gasteiger partial charge in [-0.15, -0.1) is 0 Å². The van der Waals surface area contributed by atoms with Crippen LogP contribution in [0.3, 0.4) is 0 Å². The second kappa shape index (κ2) is 4.81. The van der Waals surface area contributed by atoms with Crippen LogP contribution in [0.15, 0.2) is 18.2 Å². The van der Waals surface area contributed by atoms with Crippen LogP contribution in [0, 0.1) is 5.92 Å². The Bertz CT molecular complexity index is 393. The highest BCUT2D eigenvalue weighted by Crippen LogP contribution is 2.38. The number of rotatable bonds is 4. The normalized spacial score (nSPS) is 21.0. The fraction of sp³-hybridized carbons (Fsp3) is 0.625. The number of hydrogen-bond acceptors (Lipinski definition) is 1. The van der Waals surface area contributed by atoms with Crippen molar-refractivity contribution in [3.8, 4) is 0 Å². The number of benzene rings is 1. The summed E-state index contributed by atoms with van der Waals surface area (Å²) in [4.78, 5) is 0. The van der Waals surface area contributed by atoms with Gasteiger partial charge in [-0.05, 0) is 61.8 Å². The quantitative estimate of drug-likeness (QED) is 0.831. The van der Waals surface area contributed by atoms with Crippen LogP contribution in [0.5, 0.6) is 0 Å². The first-order chi connectivity index (χ1) is 8.36. The SMILES string of the molecule is CNC(CC1CC1)c1ccc2c(c1)CCCC2. The van der Waals surface area contributed by atoms with Crippen LogP contribution in [-0.4, -0.2) is 7.05 Å². The van der Waals surface area contributed by atoms with Crippen LogP contribution in [0.2, 0.25) is 0 Å². The fourth-order valence-corrected chi connectivity index (χ4v) is 3.08. The van der Waals surface area contributed by atoms with Crippen molar-refractivity contribution in [1.29, 1.82) is 0 Å². The molecule has 0 spiro atoms. The molecule has 17 heavy (non-hydrogen) atoms. The smallest absolute Gasteiger partial charge is 0.0320 e. The Morgan fingerprint density at radius 3 is 2.65 bits per heavy atom. The Kier molecular flexibility index (Phi) is 3.19. The van der Waals surface area contributed by atoms with Crippen LogP contribution in [0.4, 0.5) is 0 Å². The van der Waals surface area contributed by atoms with E-state index in [4.69, 9.17) is 0 Å². The van der Waals surface area contributed by atoms with Gasteiger partial charge in [0, 0.05) is 6.04 Å². The van der Waals surface area contributed by atoms with Gasteiger partial charge in [-0.25, -0.2) is 0 Å². The van der Waals surface area contributed by atoms with Gasteiger partial charge in [0.25, 0.3) is 0 Å². The standard InChI is InChI=1S/C16H23N/c1-17-16(10-12-6-7-12)15-9-8-13-4-2-3-5-14(13)11-15/h8-9,11-12,16-17H,2-7,10H2,1H3. The molecule has 1 aromatic rings. The molecule has 0 radical (unpaired) electrons. The maximum Gasteiger partial charge on any atom is 0.0320 e. The minimum atomic E-state index is 0.578. The molecule has 1 aromatic carbocycles. The van der Waals surface area contributed by atoms with Gasteiger partial charge >= 0.3 is 0 Å². The van der Waals surface area contributed by atoms with Gasteiger partial charge in [-0.3, -0.25) is 0 Å². The molecule has 92 valence electrons. The summed E-state index contributed by atoms with van der Waals surface area (Å²) < 4.78 is 0. The third-order valence-electron chi connectivity index (χ3n) is 4.39. The monoisotopic (exact) mass is 229 g/mol. The molecule has 0 bridgehead atoms. The van der Waals surface area contributed by atoms with Crippen molar-refractivity contribution in [2.75, 3.05) is 7.05 Å². The van der Waals surface area contributed by atoms with Gasteiger partial charge in [-0.1, -0.05) is 31.0 Å². The van der Waals surface area contributed by atoms with Gasteiger partial charge < -0.3 is 5.32 Å². The van der Waals surface area contributed by atoms with Gasteiger partial charge in [0.05, 0.1) is 0 Å². The highest BCUT2D eigenvalue weighted by atomic mass is 14.9. The molecule has 1 heteroatoms. The maximum absolute atomic E-state index is 3.50. The molecule has 2 aliphatic carbocycles. The summed E-state index contributed by atoms with van der Waals surface area (Å²) in [7, 11) is 2.10. The second-order valence-corrected chi connectivity index (χ2v) is 5.76. The Balaban J connectivity index is 1.80. The van der Waals surface area contributed by atoms with Crippen molar-refractivity contribution < 1.29 is 0 Å². The predicted octanol–water partition coefficient (Wildman–Crippen LogP) is 3.63. The van der Waals surface area contributed by atoms with Crippen molar-refractivity contribution in [3.05, 3.63) is 34.9 Å². The van der Waals surface area contributed by atoms with Crippen LogP contribution in [0.25, 0.3) is 0 Å². The molecule has 1 saturated carbocycles. The van der Waals surface area contributed by atoms with E-state index in [1.54, 1.807) is 11.1 Å². The summed E-state index contributed by atoms with van der Waals surface area (Å²) in [5.41, 5.74) is 4.73. The van der Waals surface area contributed by atoms with Crippen molar-refractivity contribution >= 4 is 0 Å². The molecule has 1 nitrogen and oxygen atoms in total. The van der Waals surface area contributed by atoms with Crippen molar-refractivity contribution in [2.45, 2.75) is 51.0 Å². The van der Waals surface area contributed by atoms with E-state index in [2.05, 4.69) is 30.6 Å². The second-order valence-electron chi connectivity index (χ2n) is 5.76. The zero-order valence-electron chi connectivity index (χ0n) is 10.8. The van der Waals surface area contributed by atoms with Gasteiger partial charge in [0.15, 0.2) is 0 Å². The maximum atomic E-state index is 3.50. The van der Waals surface area contributed by atoms with E-state index in [9.17, 15) is 0 Å². The van der Waals surface area contributed by atoms with E-state index in [0.717, 1.165) is 5.92 Å². The Hall–Kier alpha value is -0.820. The summed E-state index contributed by atoms with van der Waals surface area (Å²) in [6.07, 6.45) is 9.57. The summed E-state index contributed by atoms with van der Waals surface area (Å²) in [5.74, 6) is 0.989. The van der Waals surface area contributed by atoms with Crippen LogP contribution < -0.4 is 5.32 Å². The predicted molar refractivity (Wildman–Crippen MR) is 72.2 cm³/mol. The van der Waals surface area contributed by atoms with E-state index < -0.39 is 0 Å². The molecule has 1 unspecified atom stereocenters. The number of nitrogens with one attached hydrogen (secondary N) is 1. The zero-order valence-corrected chi connectivity index (χ0v) is 10.8. The van der Waals surface area contributed by atoms with E-state index in [-0.39, 0.29) is 0 Å². The minimum absolute atomic E-state index is 0.578. The Morgan fingerprint density at radius 2 is 1.94 bits per heavy atom. The third kappa shape index (κ3) is 2.55. The van der Waals surface area contributed by atoms with E-state index in [1.165, 1.54) is 50.5 Å². The molecular weight excluding hydrogens is 206 g/mol. The molecule has 0 saturated heterocycles. The molecule has 0 amide bonds. The zero-order chi connectivity index (χ0) is 11.7. The van der Waals surface area contributed by atoms with Gasteiger partial charge in [0.2, 0.25) is 0 Å². The van der Waals surface area contributed by atoms with Crippen LogP contribution in [0.1, 0.15) is 54.8 Å². The van der Waals surface area contributed by atoms with Gasteiger partial charge in [-0.2, -0.15) is 0 Å². The Labute approximate surface area is 105 Å². The molecule has 0 aliphatic heterocycles. The molecular formula is C16H23N. The summed E-state index contributed by atoms with van der Waals surface area (Å²) in [6, 6.07) is 7.78. The Morgan fingerprint density at radius 1 is 1.18 bits per heavy atom. The lowest BCUT2D eigenvalue weighted by molar-refractivity contribution is 0.513. The third-order valence-corrected chi connectivity index (χ3v) is 4.39. The first kappa shape index (κ1) is 11.3. The van der Waals surface area contributed by atoms with E-state index >= 15 is 0 Å². The molecule has 3 rings (SSSR count). The number of hydrogen-bond donors (Lipinski definition) is 1. The lowest BCUT2D eigenvalue weighted by atomic mass is 9.88. The fourth-order valence-electron chi connectivity index (χ4n) is 3.08. The van der Waals surface area contributed by atoms with Crippen molar-refractivity contribution in [3.63, 3.8) is 0 Å². The summed E-state index contributed by atoms with van der Waals surface area (Å²) in [5, 5.41) is 3.50. The molecule has 1 fully saturated rings. The summed E-state index contributed by atoms with van der Waals surface area (Å²) >= 11 is 0. The first-order valence-corrected chi connectivity index (χ1v) is 7.16. The molecule has 1 atom stereocenters. The topological polar surface area (TPSA) is 12.0 Å². The van der Waals surface area contributed by atoms with Crippen molar-refractivity contribution in [2.24, 2.45) is 5.92 Å². The number of aryl methyl sites for hydroxylation is 2. The van der Waals surface area contributed by atoms with Crippen LogP contribution >= 0.6 is 0 Å². The molecule has 1 N–H and O–H groups in total. The minimum Gasteiger partial charge on any atom is -0.313 e. The first-order valence-electron chi connectivity index (χ1n) is 7.16. The average Bonchev–Trinajstić information content (AvgIpc) is 3.19.